The molecule has 4 N–H and O–H groups in total. The van der Waals surface area contributed by atoms with Crippen LogP contribution in [-0.4, -0.2) is 76.9 Å². The average Bonchev–Trinajstić information content (AvgIpc) is 3.20. The summed E-state index contributed by atoms with van der Waals surface area (Å²) in [7, 11) is -0.551. The van der Waals surface area contributed by atoms with E-state index in [9.17, 15) is 23.7 Å². The number of aromatic nitrogens is 3. The zero-order valence-electron chi connectivity index (χ0n) is 18.0. The number of thiazole rings is 1. The van der Waals surface area contributed by atoms with Gasteiger partial charge in [-0.1, -0.05) is 0 Å². The van der Waals surface area contributed by atoms with Crippen LogP contribution in [0.4, 0.5) is 5.13 Å². The van der Waals surface area contributed by atoms with Gasteiger partial charge in [-0.15, -0.1) is 28.2 Å². The first kappa shape index (κ1) is 24.3. The van der Waals surface area contributed by atoms with E-state index in [-0.39, 0.29) is 23.6 Å². The highest BCUT2D eigenvalue weighted by molar-refractivity contribution is 7.99. The number of rotatable bonds is 8. The fourth-order valence-corrected chi connectivity index (χ4v) is 7.00. The first-order valence-corrected chi connectivity index (χ1v) is 13.1. The molecule has 15 heteroatoms. The molecule has 0 spiro atoms. The molecule has 0 radical (unpaired) electrons. The molecule has 1 fully saturated rings. The summed E-state index contributed by atoms with van der Waals surface area (Å²) >= 11 is 2.39. The second-order valence-electron chi connectivity index (χ2n) is 7.45. The van der Waals surface area contributed by atoms with E-state index in [1.807, 2.05) is 0 Å². The third-order valence-corrected chi connectivity index (χ3v) is 8.59. The Hall–Kier alpha value is -2.88. The van der Waals surface area contributed by atoms with Gasteiger partial charge in [0.1, 0.15) is 10.7 Å². The van der Waals surface area contributed by atoms with E-state index < -0.39 is 39.7 Å². The summed E-state index contributed by atoms with van der Waals surface area (Å²) in [6.07, 6.45) is -0.174. The Balaban J connectivity index is 1.56. The number of carbonyl (C=O) groups is 3. The quantitative estimate of drug-likeness (QED) is 0.238. The number of nitrogen functional groups attached to an aromatic ring is 1. The highest BCUT2D eigenvalue weighted by atomic mass is 32.2. The van der Waals surface area contributed by atoms with Gasteiger partial charge in [0, 0.05) is 18.2 Å². The molecule has 12 nitrogen and oxygen atoms in total. The highest BCUT2D eigenvalue weighted by Gasteiger charge is 2.69. The molecular formula is C19H20N6O6S3. The van der Waals surface area contributed by atoms with Crippen molar-refractivity contribution in [2.24, 2.45) is 0 Å². The summed E-state index contributed by atoms with van der Waals surface area (Å²) in [6, 6.07) is 3.51. The van der Waals surface area contributed by atoms with E-state index in [1.165, 1.54) is 30.2 Å². The molecule has 180 valence electrons. The molecule has 4 rings (SSSR count). The third-order valence-electron chi connectivity index (χ3n) is 5.19. The second-order valence-corrected chi connectivity index (χ2v) is 10.8. The summed E-state index contributed by atoms with van der Waals surface area (Å²) in [5.74, 6) is -2.70. The summed E-state index contributed by atoms with van der Waals surface area (Å²) in [6.45, 7) is 1.79. The summed E-state index contributed by atoms with van der Waals surface area (Å²) in [4.78, 5) is 42.8. The second kappa shape index (κ2) is 9.40. The number of nitrogens with two attached hydrogens (primary N) is 1. The van der Waals surface area contributed by atoms with Gasteiger partial charge in [-0.25, -0.2) is 9.78 Å². The average molecular weight is 525 g/mol. The van der Waals surface area contributed by atoms with Crippen molar-refractivity contribution in [2.75, 3.05) is 24.3 Å². The van der Waals surface area contributed by atoms with Crippen molar-refractivity contribution in [3.8, 4) is 0 Å². The van der Waals surface area contributed by atoms with Crippen LogP contribution >= 0.6 is 23.1 Å². The van der Waals surface area contributed by atoms with Gasteiger partial charge in [0.2, 0.25) is 5.91 Å². The number of hydrogen-bond acceptors (Lipinski definition) is 11. The van der Waals surface area contributed by atoms with Crippen LogP contribution in [0.1, 0.15) is 11.4 Å². The first-order chi connectivity index (χ1) is 16.2. The number of fused-ring (bicyclic) bond motifs is 1. The van der Waals surface area contributed by atoms with Gasteiger partial charge in [0.05, 0.1) is 34.4 Å². The standard InChI is InChI=1S/C19H20N6O6S3/c1-9-3-4-13(24-23-9)32-6-10-8-34(30)17-19(31-2,16(29)25(17)14(10)15(27)28)22-12(26)5-11-7-33-18(20)21-11/h3-4,7,17H,5-6,8H2,1-2H3,(H2,20,21)(H,22,26)(H,27,28)/t17-,19+,34?/m1/s1. The minimum absolute atomic E-state index is 0.105. The van der Waals surface area contributed by atoms with Crippen LogP contribution < -0.4 is 11.1 Å². The molecule has 0 aliphatic carbocycles. The lowest BCUT2D eigenvalue weighted by molar-refractivity contribution is -0.193. The normalized spacial score (nSPS) is 23.9. The fourth-order valence-electron chi connectivity index (χ4n) is 3.68. The number of carbonyl (C=O) groups excluding carboxylic acids is 2. The SMILES string of the molecule is CO[C@@]1(NC(=O)Cc2csc(N)n2)C(=O)N2C(C(=O)O)=C(CSc3ccc(C)nn3)CS(=O)[C@@H]21. The fraction of sp³-hybridized carbons (Fsp3) is 0.368. The number of thioether (sulfide) groups is 1. The minimum Gasteiger partial charge on any atom is -0.477 e. The molecule has 3 atom stereocenters. The Kier molecular flexibility index (Phi) is 6.71. The molecule has 2 amide bonds. The van der Waals surface area contributed by atoms with Gasteiger partial charge in [-0.3, -0.25) is 18.7 Å². The molecule has 0 aromatic carbocycles. The van der Waals surface area contributed by atoms with Crippen molar-refractivity contribution < 1.29 is 28.4 Å². The molecule has 0 saturated carbocycles. The Morgan fingerprint density at radius 3 is 2.79 bits per heavy atom. The van der Waals surface area contributed by atoms with Crippen molar-refractivity contribution >= 4 is 56.8 Å². The highest BCUT2D eigenvalue weighted by Crippen LogP contribution is 2.42. The lowest BCUT2D eigenvalue weighted by atomic mass is 9.98. The largest absolute Gasteiger partial charge is 0.477 e. The number of amides is 2. The predicted molar refractivity (Wildman–Crippen MR) is 124 cm³/mol. The Morgan fingerprint density at radius 2 is 2.21 bits per heavy atom. The summed E-state index contributed by atoms with van der Waals surface area (Å²) < 4.78 is 18.5. The number of anilines is 1. The van der Waals surface area contributed by atoms with Gasteiger partial charge in [-0.05, 0) is 24.6 Å². The van der Waals surface area contributed by atoms with E-state index in [0.717, 1.165) is 10.6 Å². The summed E-state index contributed by atoms with van der Waals surface area (Å²) in [5, 5.41) is 21.6. The topological polar surface area (TPSA) is 178 Å². The maximum absolute atomic E-state index is 13.2. The maximum atomic E-state index is 13.2. The number of carboxylic acids is 1. The number of carboxylic acid groups (broad SMARTS) is 1. The van der Waals surface area contributed by atoms with Crippen LogP contribution in [0.3, 0.4) is 0 Å². The zero-order chi connectivity index (χ0) is 24.6. The Morgan fingerprint density at radius 1 is 1.44 bits per heavy atom. The van der Waals surface area contributed by atoms with Crippen molar-refractivity contribution in [1.29, 1.82) is 0 Å². The number of nitrogens with zero attached hydrogens (tertiary/aromatic N) is 4. The number of ether oxygens (including phenoxy) is 1. The van der Waals surface area contributed by atoms with Crippen LogP contribution in [0.2, 0.25) is 0 Å². The van der Waals surface area contributed by atoms with Crippen molar-refractivity contribution in [3.05, 3.63) is 40.2 Å². The number of aliphatic carboxylic acids is 1. The van der Waals surface area contributed by atoms with Crippen LogP contribution in [-0.2, 0) is 36.3 Å². The van der Waals surface area contributed by atoms with Crippen LogP contribution in [0.5, 0.6) is 0 Å². The zero-order valence-corrected chi connectivity index (χ0v) is 20.5. The molecule has 2 aromatic heterocycles. The molecule has 0 bridgehead atoms. The number of methoxy groups -OCH3 is 1. The molecule has 2 aliphatic heterocycles. The Bertz CT molecular complexity index is 1220. The van der Waals surface area contributed by atoms with Crippen molar-refractivity contribution in [3.63, 3.8) is 0 Å². The number of β-lactam (4-membered cyclic amide) rings is 1. The Labute approximate surface area is 204 Å². The van der Waals surface area contributed by atoms with E-state index in [2.05, 4.69) is 20.5 Å². The third kappa shape index (κ3) is 4.31. The van der Waals surface area contributed by atoms with E-state index in [1.54, 1.807) is 24.4 Å². The van der Waals surface area contributed by atoms with Gasteiger partial charge < -0.3 is 20.9 Å². The molecule has 4 heterocycles. The predicted octanol–water partition coefficient (Wildman–Crippen LogP) is -0.113. The number of aryl methyl sites for hydroxylation is 1. The lowest BCUT2D eigenvalue weighted by Crippen LogP contribution is -2.83. The minimum atomic E-state index is -1.94. The van der Waals surface area contributed by atoms with Crippen LogP contribution in [0, 0.1) is 6.92 Å². The van der Waals surface area contributed by atoms with Crippen molar-refractivity contribution in [2.45, 2.75) is 29.5 Å². The van der Waals surface area contributed by atoms with Gasteiger partial charge in [-0.2, -0.15) is 5.10 Å². The smallest absolute Gasteiger partial charge is 0.352 e. The maximum Gasteiger partial charge on any atom is 0.352 e. The van der Waals surface area contributed by atoms with Crippen LogP contribution in [0.25, 0.3) is 0 Å². The molecule has 2 aromatic rings. The monoisotopic (exact) mass is 524 g/mol. The van der Waals surface area contributed by atoms with Gasteiger partial charge in [0.15, 0.2) is 10.5 Å². The molecule has 34 heavy (non-hydrogen) atoms. The van der Waals surface area contributed by atoms with E-state index in [0.29, 0.717) is 21.4 Å². The molecule has 1 unspecified atom stereocenters. The van der Waals surface area contributed by atoms with Crippen molar-refractivity contribution in [1.82, 2.24) is 25.4 Å². The molecular weight excluding hydrogens is 504 g/mol. The number of hydrogen-bond donors (Lipinski definition) is 3. The lowest BCUT2D eigenvalue weighted by Gasteiger charge is -2.55. The van der Waals surface area contributed by atoms with E-state index >= 15 is 0 Å². The molecule has 2 aliphatic rings. The first-order valence-electron chi connectivity index (χ1n) is 9.81. The number of nitrogens with one attached hydrogen (secondary N) is 1. The van der Waals surface area contributed by atoms with Gasteiger partial charge in [0.25, 0.3) is 11.6 Å². The van der Waals surface area contributed by atoms with Gasteiger partial charge >= 0.3 is 5.97 Å². The van der Waals surface area contributed by atoms with Crippen LogP contribution in [0.15, 0.2) is 33.8 Å². The molecule has 1 saturated heterocycles. The summed E-state index contributed by atoms with van der Waals surface area (Å²) in [5.41, 5.74) is 4.83. The van der Waals surface area contributed by atoms with E-state index in [4.69, 9.17) is 10.5 Å².